The second kappa shape index (κ2) is 5.83. The number of hydrogen-bond donors (Lipinski definition) is 0. The largest absolute Gasteiger partial charge is 0.497 e. The van der Waals surface area contributed by atoms with Crippen molar-refractivity contribution in [3.63, 3.8) is 0 Å². The molecule has 5 heteroatoms. The number of anilines is 2. The molecule has 0 spiro atoms. The van der Waals surface area contributed by atoms with Gasteiger partial charge in [0.15, 0.2) is 5.58 Å². The lowest BCUT2D eigenvalue weighted by Crippen LogP contribution is -2.46. The summed E-state index contributed by atoms with van der Waals surface area (Å²) in [6.07, 6.45) is 0. The van der Waals surface area contributed by atoms with Crippen LogP contribution in [0.1, 0.15) is 0 Å². The number of rotatable bonds is 3. The van der Waals surface area contributed by atoms with Crippen molar-refractivity contribution in [3.8, 4) is 5.75 Å². The second-order valence-electron chi connectivity index (χ2n) is 5.64. The Morgan fingerprint density at radius 2 is 1.74 bits per heavy atom. The first kappa shape index (κ1) is 13.9. The van der Waals surface area contributed by atoms with Crippen LogP contribution >= 0.6 is 0 Å². The lowest BCUT2D eigenvalue weighted by molar-refractivity contribution is 0.414. The quantitative estimate of drug-likeness (QED) is 0.743. The summed E-state index contributed by atoms with van der Waals surface area (Å²) in [4.78, 5) is 9.15. The molecule has 23 heavy (non-hydrogen) atoms. The van der Waals surface area contributed by atoms with E-state index in [2.05, 4.69) is 26.9 Å². The summed E-state index contributed by atoms with van der Waals surface area (Å²) < 4.78 is 11.2. The number of para-hydroxylation sites is 2. The van der Waals surface area contributed by atoms with Crippen molar-refractivity contribution in [2.75, 3.05) is 43.1 Å². The summed E-state index contributed by atoms with van der Waals surface area (Å²) >= 11 is 0. The van der Waals surface area contributed by atoms with Gasteiger partial charge in [-0.2, -0.15) is 4.98 Å². The fourth-order valence-corrected chi connectivity index (χ4v) is 2.96. The first-order valence-corrected chi connectivity index (χ1v) is 7.83. The summed E-state index contributed by atoms with van der Waals surface area (Å²) in [5, 5.41) is 0. The fraction of sp³-hybridized carbons (Fsp3) is 0.278. The van der Waals surface area contributed by atoms with Crippen LogP contribution in [0.5, 0.6) is 5.75 Å². The third kappa shape index (κ3) is 2.70. The smallest absolute Gasteiger partial charge is 0.298 e. The van der Waals surface area contributed by atoms with Gasteiger partial charge in [-0.05, 0) is 24.3 Å². The normalized spacial score (nSPS) is 15.2. The highest BCUT2D eigenvalue weighted by Crippen LogP contribution is 2.25. The van der Waals surface area contributed by atoms with Gasteiger partial charge < -0.3 is 19.0 Å². The van der Waals surface area contributed by atoms with Gasteiger partial charge in [0.1, 0.15) is 11.3 Å². The Hall–Kier alpha value is -2.69. The number of fused-ring (bicyclic) bond motifs is 1. The fourth-order valence-electron chi connectivity index (χ4n) is 2.96. The van der Waals surface area contributed by atoms with Gasteiger partial charge >= 0.3 is 0 Å². The highest BCUT2D eigenvalue weighted by Gasteiger charge is 2.21. The maximum Gasteiger partial charge on any atom is 0.298 e. The van der Waals surface area contributed by atoms with Crippen LogP contribution < -0.4 is 14.5 Å². The predicted molar refractivity (Wildman–Crippen MR) is 91.4 cm³/mol. The molecular formula is C18H19N3O2. The second-order valence-corrected chi connectivity index (χ2v) is 5.64. The molecule has 5 nitrogen and oxygen atoms in total. The summed E-state index contributed by atoms with van der Waals surface area (Å²) in [6.45, 7) is 3.66. The van der Waals surface area contributed by atoms with Crippen molar-refractivity contribution in [2.45, 2.75) is 0 Å². The number of piperazine rings is 1. The molecular weight excluding hydrogens is 290 g/mol. The molecule has 2 aromatic carbocycles. The van der Waals surface area contributed by atoms with Gasteiger partial charge in [-0.15, -0.1) is 0 Å². The Morgan fingerprint density at radius 1 is 0.957 bits per heavy atom. The molecule has 0 N–H and O–H groups in total. The van der Waals surface area contributed by atoms with E-state index in [1.807, 2.05) is 36.4 Å². The molecule has 3 aromatic rings. The molecule has 2 heterocycles. The monoisotopic (exact) mass is 309 g/mol. The minimum atomic E-state index is 0.719. The molecule has 1 fully saturated rings. The Labute approximate surface area is 135 Å². The van der Waals surface area contributed by atoms with E-state index >= 15 is 0 Å². The van der Waals surface area contributed by atoms with E-state index in [9.17, 15) is 0 Å². The summed E-state index contributed by atoms with van der Waals surface area (Å²) in [5.74, 6) is 0.892. The van der Waals surface area contributed by atoms with Gasteiger partial charge in [0.05, 0.1) is 7.11 Å². The van der Waals surface area contributed by atoms with Crippen molar-refractivity contribution in [3.05, 3.63) is 48.5 Å². The van der Waals surface area contributed by atoms with Crippen LogP contribution in [-0.2, 0) is 0 Å². The average molecular weight is 309 g/mol. The lowest BCUT2D eigenvalue weighted by Gasteiger charge is -2.35. The molecule has 0 saturated carbocycles. The number of nitrogens with zero attached hydrogens (tertiary/aromatic N) is 3. The summed E-state index contributed by atoms with van der Waals surface area (Å²) in [5.41, 5.74) is 2.96. The molecule has 0 aliphatic carbocycles. The maximum absolute atomic E-state index is 5.86. The summed E-state index contributed by atoms with van der Waals surface area (Å²) in [6, 6.07) is 16.8. The highest BCUT2D eigenvalue weighted by atomic mass is 16.5. The standard InChI is InChI=1S/C18H19N3O2/c1-22-15-6-4-5-14(13-15)20-9-11-21(12-10-20)18-19-16-7-2-3-8-17(16)23-18/h2-8,13H,9-12H2,1H3. The van der Waals surface area contributed by atoms with Crippen molar-refractivity contribution in [1.29, 1.82) is 0 Å². The van der Waals surface area contributed by atoms with Crippen LogP contribution in [0.25, 0.3) is 11.1 Å². The Balaban J connectivity index is 1.48. The number of methoxy groups -OCH3 is 1. The number of hydrogen-bond acceptors (Lipinski definition) is 5. The average Bonchev–Trinajstić information content (AvgIpc) is 3.06. The van der Waals surface area contributed by atoms with E-state index in [0.29, 0.717) is 0 Å². The Bertz CT molecular complexity index is 774. The SMILES string of the molecule is COc1cccc(N2CCN(c3nc4ccccc4o3)CC2)c1. The Kier molecular flexibility index (Phi) is 3.54. The molecule has 0 bridgehead atoms. The zero-order valence-electron chi connectivity index (χ0n) is 13.1. The van der Waals surface area contributed by atoms with Crippen LogP contribution in [0.3, 0.4) is 0 Å². The number of aromatic nitrogens is 1. The van der Waals surface area contributed by atoms with Crippen molar-refractivity contribution in [2.24, 2.45) is 0 Å². The molecule has 0 atom stereocenters. The molecule has 1 aromatic heterocycles. The molecule has 1 saturated heterocycles. The van der Waals surface area contributed by atoms with Gasteiger partial charge in [-0.3, -0.25) is 0 Å². The third-order valence-corrected chi connectivity index (χ3v) is 4.25. The van der Waals surface area contributed by atoms with Crippen LogP contribution in [0.2, 0.25) is 0 Å². The summed E-state index contributed by atoms with van der Waals surface area (Å²) in [7, 11) is 1.70. The van der Waals surface area contributed by atoms with Gasteiger partial charge in [0, 0.05) is 37.9 Å². The van der Waals surface area contributed by atoms with Crippen LogP contribution in [0.15, 0.2) is 52.9 Å². The predicted octanol–water partition coefficient (Wildman–Crippen LogP) is 3.16. The first-order valence-electron chi connectivity index (χ1n) is 7.83. The van der Waals surface area contributed by atoms with Gasteiger partial charge in [-0.1, -0.05) is 18.2 Å². The van der Waals surface area contributed by atoms with Crippen molar-refractivity contribution in [1.82, 2.24) is 4.98 Å². The third-order valence-electron chi connectivity index (χ3n) is 4.25. The molecule has 4 rings (SSSR count). The minimum absolute atomic E-state index is 0.719. The van der Waals surface area contributed by atoms with Gasteiger partial charge in [-0.25, -0.2) is 0 Å². The van der Waals surface area contributed by atoms with E-state index in [1.54, 1.807) is 7.11 Å². The minimum Gasteiger partial charge on any atom is -0.497 e. The van der Waals surface area contributed by atoms with E-state index < -0.39 is 0 Å². The molecule has 1 aliphatic heterocycles. The van der Waals surface area contributed by atoms with E-state index in [-0.39, 0.29) is 0 Å². The molecule has 0 amide bonds. The Morgan fingerprint density at radius 3 is 2.52 bits per heavy atom. The number of ether oxygens (including phenoxy) is 1. The lowest BCUT2D eigenvalue weighted by atomic mass is 10.2. The molecule has 1 aliphatic rings. The van der Waals surface area contributed by atoms with E-state index in [0.717, 1.165) is 49.0 Å². The van der Waals surface area contributed by atoms with Gasteiger partial charge in [0.2, 0.25) is 0 Å². The molecule has 0 radical (unpaired) electrons. The zero-order valence-corrected chi connectivity index (χ0v) is 13.1. The molecule has 118 valence electrons. The number of benzene rings is 2. The van der Waals surface area contributed by atoms with Crippen LogP contribution in [-0.4, -0.2) is 38.3 Å². The van der Waals surface area contributed by atoms with Gasteiger partial charge in [0.25, 0.3) is 6.01 Å². The maximum atomic E-state index is 5.86. The van der Waals surface area contributed by atoms with Crippen molar-refractivity contribution >= 4 is 22.8 Å². The number of oxazole rings is 1. The van der Waals surface area contributed by atoms with E-state index in [4.69, 9.17) is 9.15 Å². The first-order chi connectivity index (χ1) is 11.3. The zero-order chi connectivity index (χ0) is 15.6. The van der Waals surface area contributed by atoms with Crippen molar-refractivity contribution < 1.29 is 9.15 Å². The highest BCUT2D eigenvalue weighted by molar-refractivity contribution is 5.74. The molecule has 0 unspecified atom stereocenters. The van der Waals surface area contributed by atoms with Crippen LogP contribution in [0, 0.1) is 0 Å². The topological polar surface area (TPSA) is 41.7 Å². The van der Waals surface area contributed by atoms with Crippen LogP contribution in [0.4, 0.5) is 11.7 Å². The van der Waals surface area contributed by atoms with E-state index in [1.165, 1.54) is 5.69 Å².